The van der Waals surface area contributed by atoms with Crippen LogP contribution in [0.1, 0.15) is 39.5 Å². The first-order chi connectivity index (χ1) is 6.04. The lowest BCUT2D eigenvalue weighted by atomic mass is 9.96. The normalized spacial score (nSPS) is 27.5. The van der Waals surface area contributed by atoms with Crippen LogP contribution in [-0.4, -0.2) is 16.3 Å². The van der Waals surface area contributed by atoms with Crippen LogP contribution < -0.4 is 0 Å². The van der Waals surface area contributed by atoms with E-state index >= 15 is 0 Å². The van der Waals surface area contributed by atoms with Crippen molar-refractivity contribution in [2.75, 3.05) is 5.75 Å². The molecule has 0 amide bonds. The van der Waals surface area contributed by atoms with Gasteiger partial charge in [-0.1, -0.05) is 5.57 Å². The summed E-state index contributed by atoms with van der Waals surface area (Å²) in [6.07, 6.45) is 3.79. The second-order valence-electron chi connectivity index (χ2n) is 4.06. The van der Waals surface area contributed by atoms with Crippen molar-refractivity contribution in [2.45, 2.75) is 44.3 Å². The van der Waals surface area contributed by atoms with Gasteiger partial charge in [-0.3, -0.25) is 4.79 Å². The summed E-state index contributed by atoms with van der Waals surface area (Å²) >= 11 is 1.83. The summed E-state index contributed by atoms with van der Waals surface area (Å²) in [5.41, 5.74) is 1.11. The second-order valence-corrected chi connectivity index (χ2v) is 5.66. The van der Waals surface area contributed by atoms with Gasteiger partial charge in [-0.25, -0.2) is 0 Å². The van der Waals surface area contributed by atoms with E-state index < -0.39 is 0 Å². The van der Waals surface area contributed by atoms with Crippen LogP contribution >= 0.6 is 11.8 Å². The van der Waals surface area contributed by atoms with Gasteiger partial charge in [-0.15, -0.1) is 18.3 Å². The molecule has 0 aromatic carbocycles. The van der Waals surface area contributed by atoms with Gasteiger partial charge in [0.1, 0.15) is 5.78 Å². The number of carbonyl (C=O) groups excluding carboxylic acids is 1. The highest BCUT2D eigenvalue weighted by molar-refractivity contribution is 8.01. The second kappa shape index (κ2) is 4.32. The maximum absolute atomic E-state index is 11.8. The van der Waals surface area contributed by atoms with Gasteiger partial charge < -0.3 is 0 Å². The maximum atomic E-state index is 11.8. The van der Waals surface area contributed by atoms with Crippen LogP contribution in [0.15, 0.2) is 12.2 Å². The van der Waals surface area contributed by atoms with Crippen molar-refractivity contribution in [2.24, 2.45) is 0 Å². The molecule has 1 aliphatic rings. The number of rotatable bonds is 4. The monoisotopic (exact) mass is 198 g/mol. The Bertz CT molecular complexity index is 214. The molecule has 0 saturated carbocycles. The van der Waals surface area contributed by atoms with Gasteiger partial charge in [0, 0.05) is 6.42 Å². The third kappa shape index (κ3) is 2.87. The Morgan fingerprint density at radius 1 is 1.54 bits per heavy atom. The summed E-state index contributed by atoms with van der Waals surface area (Å²) in [7, 11) is 0. The molecular weight excluding hydrogens is 180 g/mol. The number of hydrogen-bond donors (Lipinski definition) is 0. The molecule has 0 aromatic heterocycles. The van der Waals surface area contributed by atoms with Crippen LogP contribution in [0.2, 0.25) is 0 Å². The van der Waals surface area contributed by atoms with E-state index in [1.54, 1.807) is 0 Å². The van der Waals surface area contributed by atoms with Crippen molar-refractivity contribution >= 4 is 17.5 Å². The van der Waals surface area contributed by atoms with E-state index in [4.69, 9.17) is 0 Å². The highest BCUT2D eigenvalue weighted by Gasteiger charge is 2.35. The predicted molar refractivity (Wildman–Crippen MR) is 59.2 cm³/mol. The fraction of sp³-hybridized carbons (Fsp3) is 0.727. The molecule has 1 fully saturated rings. The smallest absolute Gasteiger partial charge is 0.148 e. The molecule has 1 aliphatic heterocycles. The third-order valence-electron chi connectivity index (χ3n) is 2.59. The first kappa shape index (κ1) is 10.8. The fourth-order valence-corrected chi connectivity index (χ4v) is 2.88. The molecule has 0 spiro atoms. The number of Topliss-reactive ketones (excluding diaryl/α,β-unsaturated/α-hetero) is 1. The van der Waals surface area contributed by atoms with E-state index in [0.717, 1.165) is 24.2 Å². The van der Waals surface area contributed by atoms with Gasteiger partial charge >= 0.3 is 0 Å². The summed E-state index contributed by atoms with van der Waals surface area (Å²) in [5, 5.41) is 0. The molecule has 1 nitrogen and oxygen atoms in total. The zero-order chi connectivity index (χ0) is 9.90. The molecule has 1 saturated heterocycles. The lowest BCUT2D eigenvalue weighted by Crippen LogP contribution is -2.28. The molecular formula is C11H18OS. The summed E-state index contributed by atoms with van der Waals surface area (Å²) < 4.78 is -0.0740. The van der Waals surface area contributed by atoms with Gasteiger partial charge in [0.05, 0.1) is 4.75 Å². The fourth-order valence-electron chi connectivity index (χ4n) is 1.59. The Morgan fingerprint density at radius 3 is 2.69 bits per heavy atom. The van der Waals surface area contributed by atoms with Crippen LogP contribution in [0.25, 0.3) is 0 Å². The molecule has 0 N–H and O–H groups in total. The minimum atomic E-state index is -0.0740. The van der Waals surface area contributed by atoms with Gasteiger partial charge in [0.2, 0.25) is 0 Å². The highest BCUT2D eigenvalue weighted by atomic mass is 32.2. The van der Waals surface area contributed by atoms with Crippen molar-refractivity contribution in [3.8, 4) is 0 Å². The van der Waals surface area contributed by atoms with Crippen LogP contribution in [0.5, 0.6) is 0 Å². The first-order valence-corrected chi connectivity index (χ1v) is 5.85. The van der Waals surface area contributed by atoms with Crippen LogP contribution in [0.3, 0.4) is 0 Å². The molecule has 0 aliphatic carbocycles. The van der Waals surface area contributed by atoms with Gasteiger partial charge in [0.15, 0.2) is 0 Å². The molecule has 0 radical (unpaired) electrons. The average molecular weight is 198 g/mol. The number of hydrogen-bond acceptors (Lipinski definition) is 2. The van der Waals surface area contributed by atoms with Crippen LogP contribution in [-0.2, 0) is 4.79 Å². The van der Waals surface area contributed by atoms with Crippen molar-refractivity contribution < 1.29 is 4.79 Å². The number of allylic oxidation sites excluding steroid dienone is 1. The number of ketones is 1. The SMILES string of the molecule is C=C(C)CCC(=O)C1(C)CCCS1. The van der Waals surface area contributed by atoms with Gasteiger partial charge in [-0.2, -0.15) is 0 Å². The van der Waals surface area contributed by atoms with Crippen molar-refractivity contribution in [3.05, 3.63) is 12.2 Å². The zero-order valence-corrected chi connectivity index (χ0v) is 9.38. The van der Waals surface area contributed by atoms with Crippen LogP contribution in [0, 0.1) is 0 Å². The lowest BCUT2D eigenvalue weighted by molar-refractivity contribution is -0.121. The third-order valence-corrected chi connectivity index (χ3v) is 4.15. The lowest BCUT2D eigenvalue weighted by Gasteiger charge is -2.20. The molecule has 13 heavy (non-hydrogen) atoms. The Morgan fingerprint density at radius 2 is 2.23 bits per heavy atom. The summed E-state index contributed by atoms with van der Waals surface area (Å²) in [5.74, 6) is 1.56. The van der Waals surface area contributed by atoms with E-state index in [1.807, 2.05) is 18.7 Å². The first-order valence-electron chi connectivity index (χ1n) is 4.86. The van der Waals surface area contributed by atoms with E-state index in [1.165, 1.54) is 6.42 Å². The molecule has 1 rings (SSSR count). The minimum absolute atomic E-state index is 0.0740. The molecule has 0 bridgehead atoms. The number of carbonyl (C=O) groups is 1. The average Bonchev–Trinajstić information content (AvgIpc) is 2.49. The topological polar surface area (TPSA) is 17.1 Å². The summed E-state index contributed by atoms with van der Waals surface area (Å²) in [6.45, 7) is 7.89. The van der Waals surface area contributed by atoms with E-state index in [9.17, 15) is 4.79 Å². The molecule has 1 atom stereocenters. The largest absolute Gasteiger partial charge is 0.298 e. The van der Waals surface area contributed by atoms with Crippen molar-refractivity contribution in [3.63, 3.8) is 0 Å². The van der Waals surface area contributed by atoms with Crippen molar-refractivity contribution in [1.29, 1.82) is 0 Å². The maximum Gasteiger partial charge on any atom is 0.148 e. The Balaban J connectivity index is 2.42. The highest BCUT2D eigenvalue weighted by Crippen LogP contribution is 2.39. The Kier molecular flexibility index (Phi) is 3.60. The predicted octanol–water partition coefficient (Wildman–Crippen LogP) is 3.20. The standard InChI is InChI=1S/C11H18OS/c1-9(2)5-6-10(12)11(3)7-4-8-13-11/h1,4-8H2,2-3H3. The minimum Gasteiger partial charge on any atom is -0.298 e. The van der Waals surface area contributed by atoms with Gasteiger partial charge in [0.25, 0.3) is 0 Å². The number of thioether (sulfide) groups is 1. The summed E-state index contributed by atoms with van der Waals surface area (Å²) in [4.78, 5) is 11.8. The van der Waals surface area contributed by atoms with E-state index in [2.05, 4.69) is 13.5 Å². The molecule has 74 valence electrons. The Labute approximate surface area is 85.0 Å². The zero-order valence-electron chi connectivity index (χ0n) is 8.56. The molecule has 1 unspecified atom stereocenters. The summed E-state index contributed by atoms with van der Waals surface area (Å²) in [6, 6.07) is 0. The molecule has 1 heterocycles. The van der Waals surface area contributed by atoms with E-state index in [0.29, 0.717) is 12.2 Å². The Hall–Kier alpha value is -0.240. The molecule has 2 heteroatoms. The molecule has 0 aromatic rings. The van der Waals surface area contributed by atoms with Crippen LogP contribution in [0.4, 0.5) is 0 Å². The van der Waals surface area contributed by atoms with E-state index in [-0.39, 0.29) is 4.75 Å². The van der Waals surface area contributed by atoms with Gasteiger partial charge in [-0.05, 0) is 38.9 Å². The van der Waals surface area contributed by atoms with Crippen molar-refractivity contribution in [1.82, 2.24) is 0 Å². The quantitative estimate of drug-likeness (QED) is 0.645.